The predicted molar refractivity (Wildman–Crippen MR) is 93.4 cm³/mol. The van der Waals surface area contributed by atoms with E-state index in [0.29, 0.717) is 28.3 Å². The van der Waals surface area contributed by atoms with E-state index in [4.69, 9.17) is 0 Å². The monoisotopic (exact) mass is 377 g/mol. The number of hydrogen-bond donors (Lipinski definition) is 1. The Morgan fingerprint density at radius 3 is 2.59 bits per heavy atom. The third-order valence-electron chi connectivity index (χ3n) is 4.26. The third-order valence-corrected chi connectivity index (χ3v) is 4.26. The number of carbonyl (C=O) groups is 1. The molecule has 0 aliphatic carbocycles. The number of anilines is 1. The predicted octanol–water partition coefficient (Wildman–Crippen LogP) is 3.55. The minimum absolute atomic E-state index is 0.165. The second-order valence-electron chi connectivity index (χ2n) is 6.20. The van der Waals surface area contributed by atoms with Crippen molar-refractivity contribution in [3.05, 3.63) is 64.7 Å². The number of halogens is 3. The quantitative estimate of drug-likeness (QED) is 0.756. The summed E-state index contributed by atoms with van der Waals surface area (Å²) in [5, 5.41) is 11.1. The highest BCUT2D eigenvalue weighted by Crippen LogP contribution is 2.30. The zero-order valence-electron chi connectivity index (χ0n) is 15.0. The highest BCUT2D eigenvalue weighted by atomic mass is 19.4. The van der Waals surface area contributed by atoms with Gasteiger partial charge in [0.1, 0.15) is 5.69 Å². The number of aryl methyl sites for hydroxylation is 2. The SMILES string of the molecule is Cc1nn(Cc2cccc(C(F)(F)F)c2)c(C)c1NC(=O)c1ccnn1C. The Labute approximate surface area is 153 Å². The van der Waals surface area contributed by atoms with Crippen LogP contribution in [0.25, 0.3) is 0 Å². The lowest BCUT2D eigenvalue weighted by Gasteiger charge is -2.10. The number of aromatic nitrogens is 4. The Bertz CT molecular complexity index is 987. The van der Waals surface area contributed by atoms with Crippen LogP contribution < -0.4 is 5.32 Å². The molecule has 3 rings (SSSR count). The fourth-order valence-electron chi connectivity index (χ4n) is 2.82. The van der Waals surface area contributed by atoms with Crippen molar-refractivity contribution in [3.63, 3.8) is 0 Å². The molecule has 0 radical (unpaired) electrons. The molecule has 142 valence electrons. The molecule has 0 aliphatic rings. The van der Waals surface area contributed by atoms with E-state index in [1.807, 2.05) is 0 Å². The first kappa shape index (κ1) is 18.7. The molecule has 0 aliphatic heterocycles. The van der Waals surface area contributed by atoms with E-state index in [1.165, 1.54) is 16.9 Å². The molecule has 3 aromatic rings. The van der Waals surface area contributed by atoms with Gasteiger partial charge >= 0.3 is 6.18 Å². The Kier molecular flexibility index (Phi) is 4.77. The summed E-state index contributed by atoms with van der Waals surface area (Å²) in [4.78, 5) is 12.4. The van der Waals surface area contributed by atoms with Crippen LogP contribution in [0.4, 0.5) is 18.9 Å². The van der Waals surface area contributed by atoms with Gasteiger partial charge < -0.3 is 5.32 Å². The number of nitrogens with zero attached hydrogens (tertiary/aromatic N) is 4. The lowest BCUT2D eigenvalue weighted by atomic mass is 10.1. The van der Waals surface area contributed by atoms with Crippen LogP contribution in [-0.4, -0.2) is 25.5 Å². The number of alkyl halides is 3. The van der Waals surface area contributed by atoms with Crippen LogP contribution in [-0.2, 0) is 19.8 Å². The van der Waals surface area contributed by atoms with Gasteiger partial charge in [-0.2, -0.15) is 23.4 Å². The molecule has 0 saturated carbocycles. The highest BCUT2D eigenvalue weighted by Gasteiger charge is 2.30. The van der Waals surface area contributed by atoms with Gasteiger partial charge in [0.25, 0.3) is 5.91 Å². The van der Waals surface area contributed by atoms with Crippen molar-refractivity contribution in [3.8, 4) is 0 Å². The van der Waals surface area contributed by atoms with Crippen molar-refractivity contribution in [1.82, 2.24) is 19.6 Å². The summed E-state index contributed by atoms with van der Waals surface area (Å²) in [6.07, 6.45) is -2.88. The van der Waals surface area contributed by atoms with Crippen LogP contribution in [0.2, 0.25) is 0 Å². The van der Waals surface area contributed by atoms with Crippen molar-refractivity contribution >= 4 is 11.6 Å². The molecule has 2 aromatic heterocycles. The summed E-state index contributed by atoms with van der Waals surface area (Å²) in [5.41, 5.74) is 1.93. The lowest BCUT2D eigenvalue weighted by Crippen LogP contribution is -2.17. The molecule has 0 unspecified atom stereocenters. The van der Waals surface area contributed by atoms with E-state index in [1.54, 1.807) is 37.7 Å². The first-order valence-corrected chi connectivity index (χ1v) is 8.16. The normalized spacial score (nSPS) is 11.6. The van der Waals surface area contributed by atoms with E-state index < -0.39 is 11.7 Å². The molecular formula is C18H18F3N5O. The zero-order valence-corrected chi connectivity index (χ0v) is 15.0. The van der Waals surface area contributed by atoms with E-state index >= 15 is 0 Å². The topological polar surface area (TPSA) is 64.7 Å². The van der Waals surface area contributed by atoms with Crippen molar-refractivity contribution < 1.29 is 18.0 Å². The van der Waals surface area contributed by atoms with Crippen LogP contribution in [0.15, 0.2) is 36.5 Å². The zero-order chi connectivity index (χ0) is 19.8. The van der Waals surface area contributed by atoms with Gasteiger partial charge in [0.05, 0.1) is 29.2 Å². The van der Waals surface area contributed by atoms with E-state index in [2.05, 4.69) is 15.5 Å². The Balaban J connectivity index is 1.84. The van der Waals surface area contributed by atoms with E-state index in [0.717, 1.165) is 12.1 Å². The van der Waals surface area contributed by atoms with Crippen LogP contribution in [0.3, 0.4) is 0 Å². The van der Waals surface area contributed by atoms with Gasteiger partial charge in [-0.05, 0) is 37.6 Å². The van der Waals surface area contributed by atoms with Crippen molar-refractivity contribution in [2.75, 3.05) is 5.32 Å². The van der Waals surface area contributed by atoms with Gasteiger partial charge in [-0.15, -0.1) is 0 Å². The maximum absolute atomic E-state index is 12.9. The van der Waals surface area contributed by atoms with Crippen LogP contribution in [0.5, 0.6) is 0 Å². The largest absolute Gasteiger partial charge is 0.416 e. The molecule has 9 heteroatoms. The van der Waals surface area contributed by atoms with Gasteiger partial charge in [-0.25, -0.2) is 0 Å². The molecule has 6 nitrogen and oxygen atoms in total. The number of hydrogen-bond acceptors (Lipinski definition) is 3. The summed E-state index contributed by atoms with van der Waals surface area (Å²) in [6.45, 7) is 3.65. The maximum atomic E-state index is 12.9. The minimum Gasteiger partial charge on any atom is -0.317 e. The number of amides is 1. The summed E-state index contributed by atoms with van der Waals surface area (Å²) in [6, 6.07) is 6.70. The first-order valence-electron chi connectivity index (χ1n) is 8.16. The average Bonchev–Trinajstić information content (AvgIpc) is 3.13. The summed E-state index contributed by atoms with van der Waals surface area (Å²) >= 11 is 0. The molecule has 0 bridgehead atoms. The Morgan fingerprint density at radius 1 is 1.22 bits per heavy atom. The second kappa shape index (κ2) is 6.90. The Morgan fingerprint density at radius 2 is 1.96 bits per heavy atom. The van der Waals surface area contributed by atoms with Crippen molar-refractivity contribution in [2.45, 2.75) is 26.6 Å². The van der Waals surface area contributed by atoms with Gasteiger partial charge in [0.2, 0.25) is 0 Å². The highest BCUT2D eigenvalue weighted by molar-refractivity contribution is 6.03. The first-order chi connectivity index (χ1) is 12.7. The third kappa shape index (κ3) is 3.86. The number of rotatable bonds is 4. The standard InChI is InChI=1S/C18H18F3N5O/c1-11-16(23-17(27)15-7-8-22-25(15)3)12(2)26(24-11)10-13-5-4-6-14(9-13)18(19,20)21/h4-9H,10H2,1-3H3,(H,23,27). The molecule has 27 heavy (non-hydrogen) atoms. The van der Waals surface area contributed by atoms with E-state index in [-0.39, 0.29) is 12.5 Å². The number of nitrogens with one attached hydrogen (secondary N) is 1. The summed E-state index contributed by atoms with van der Waals surface area (Å²) in [5.74, 6) is -0.334. The second-order valence-corrected chi connectivity index (χ2v) is 6.20. The van der Waals surface area contributed by atoms with Crippen molar-refractivity contribution in [2.24, 2.45) is 7.05 Å². The maximum Gasteiger partial charge on any atom is 0.416 e. The van der Waals surface area contributed by atoms with Crippen molar-refractivity contribution in [1.29, 1.82) is 0 Å². The van der Waals surface area contributed by atoms with Crippen LogP contribution in [0, 0.1) is 13.8 Å². The fourth-order valence-corrected chi connectivity index (χ4v) is 2.82. The van der Waals surface area contributed by atoms with Gasteiger partial charge in [-0.1, -0.05) is 12.1 Å². The molecule has 0 atom stereocenters. The molecular weight excluding hydrogens is 359 g/mol. The Hall–Kier alpha value is -3.10. The summed E-state index contributed by atoms with van der Waals surface area (Å²) in [7, 11) is 1.66. The molecule has 2 heterocycles. The van der Waals surface area contributed by atoms with Gasteiger partial charge in [-0.3, -0.25) is 14.2 Å². The molecule has 0 spiro atoms. The number of carbonyl (C=O) groups excluding carboxylic acids is 1. The molecule has 1 aromatic carbocycles. The summed E-state index contributed by atoms with van der Waals surface area (Å²) < 4.78 is 41.7. The fraction of sp³-hybridized carbons (Fsp3) is 0.278. The van der Waals surface area contributed by atoms with Gasteiger partial charge in [0.15, 0.2) is 0 Å². The number of benzene rings is 1. The molecule has 1 amide bonds. The van der Waals surface area contributed by atoms with Crippen LogP contribution >= 0.6 is 0 Å². The molecule has 0 saturated heterocycles. The average molecular weight is 377 g/mol. The molecule has 0 fully saturated rings. The molecule has 1 N–H and O–H groups in total. The smallest absolute Gasteiger partial charge is 0.317 e. The van der Waals surface area contributed by atoms with E-state index in [9.17, 15) is 18.0 Å². The minimum atomic E-state index is -4.40. The van der Waals surface area contributed by atoms with Crippen LogP contribution in [0.1, 0.15) is 33.0 Å². The lowest BCUT2D eigenvalue weighted by molar-refractivity contribution is -0.137. The van der Waals surface area contributed by atoms with Gasteiger partial charge in [0, 0.05) is 13.2 Å².